The van der Waals surface area contributed by atoms with E-state index in [1.807, 2.05) is 6.08 Å². The first kappa shape index (κ1) is 15.1. The molecule has 1 aliphatic rings. The Morgan fingerprint density at radius 1 is 1.25 bits per heavy atom. The summed E-state index contributed by atoms with van der Waals surface area (Å²) in [6, 6.07) is 5.81. The molecule has 0 unspecified atom stereocenters. The van der Waals surface area contributed by atoms with Crippen molar-refractivity contribution in [3.8, 4) is 5.75 Å². The first-order valence-electron chi connectivity index (χ1n) is 6.70. The fourth-order valence-electron chi connectivity index (χ4n) is 2.34. The Morgan fingerprint density at radius 3 is 2.45 bits per heavy atom. The fourth-order valence-corrected chi connectivity index (χ4v) is 3.76. The highest BCUT2D eigenvalue weighted by Crippen LogP contribution is 2.31. The van der Waals surface area contributed by atoms with Crippen molar-refractivity contribution < 1.29 is 13.5 Å². The SMILES string of the molecule is CC(C)(C)C1=CCN(S(=O)(=O)c2cccc(O)c2)CC1. The molecule has 1 N–H and O–H groups in total. The second kappa shape index (κ2) is 5.22. The van der Waals surface area contributed by atoms with E-state index in [-0.39, 0.29) is 16.1 Å². The summed E-state index contributed by atoms with van der Waals surface area (Å²) in [5.74, 6) is -0.0333. The maximum atomic E-state index is 12.5. The summed E-state index contributed by atoms with van der Waals surface area (Å²) in [6.45, 7) is 7.29. The highest BCUT2D eigenvalue weighted by Gasteiger charge is 2.29. The third kappa shape index (κ3) is 3.04. The van der Waals surface area contributed by atoms with Gasteiger partial charge in [-0.05, 0) is 30.0 Å². The predicted molar refractivity (Wildman–Crippen MR) is 79.0 cm³/mol. The molecule has 1 aromatic rings. The highest BCUT2D eigenvalue weighted by molar-refractivity contribution is 7.89. The quantitative estimate of drug-likeness (QED) is 0.854. The predicted octanol–water partition coefficient (Wildman–Crippen LogP) is 2.76. The number of sulfonamides is 1. The van der Waals surface area contributed by atoms with Gasteiger partial charge in [-0.15, -0.1) is 0 Å². The van der Waals surface area contributed by atoms with Gasteiger partial charge >= 0.3 is 0 Å². The standard InChI is InChI=1S/C15H21NO3S/c1-15(2,3)12-7-9-16(10-8-12)20(18,19)14-6-4-5-13(17)11-14/h4-7,11,17H,8-10H2,1-3H3. The molecule has 0 atom stereocenters. The molecule has 0 aliphatic carbocycles. The number of phenols is 1. The molecule has 0 radical (unpaired) electrons. The Morgan fingerprint density at radius 2 is 1.95 bits per heavy atom. The number of benzene rings is 1. The number of hydrogen-bond acceptors (Lipinski definition) is 3. The minimum absolute atomic E-state index is 0.0333. The van der Waals surface area contributed by atoms with E-state index in [9.17, 15) is 13.5 Å². The van der Waals surface area contributed by atoms with Gasteiger partial charge in [-0.3, -0.25) is 0 Å². The Hall–Kier alpha value is -1.33. The molecule has 20 heavy (non-hydrogen) atoms. The zero-order valence-corrected chi connectivity index (χ0v) is 12.9. The largest absolute Gasteiger partial charge is 0.508 e. The van der Waals surface area contributed by atoms with E-state index in [2.05, 4.69) is 20.8 Å². The van der Waals surface area contributed by atoms with Gasteiger partial charge < -0.3 is 5.11 Å². The number of nitrogens with zero attached hydrogens (tertiary/aromatic N) is 1. The van der Waals surface area contributed by atoms with Crippen LogP contribution in [0, 0.1) is 5.41 Å². The van der Waals surface area contributed by atoms with E-state index < -0.39 is 10.0 Å². The van der Waals surface area contributed by atoms with E-state index >= 15 is 0 Å². The van der Waals surface area contributed by atoms with Crippen LogP contribution in [0.4, 0.5) is 0 Å². The summed E-state index contributed by atoms with van der Waals surface area (Å²) >= 11 is 0. The van der Waals surface area contributed by atoms with Crippen LogP contribution in [0.3, 0.4) is 0 Å². The Labute approximate surface area is 120 Å². The number of phenolic OH excluding ortho intramolecular Hbond substituents is 1. The third-order valence-electron chi connectivity index (χ3n) is 3.59. The van der Waals surface area contributed by atoms with Gasteiger partial charge in [0, 0.05) is 13.1 Å². The summed E-state index contributed by atoms with van der Waals surface area (Å²) in [6.07, 6.45) is 2.76. The zero-order valence-electron chi connectivity index (χ0n) is 12.1. The van der Waals surface area contributed by atoms with Crippen molar-refractivity contribution in [2.45, 2.75) is 32.1 Å². The Bertz CT molecular complexity index is 627. The van der Waals surface area contributed by atoms with Crippen molar-refractivity contribution in [3.63, 3.8) is 0 Å². The number of hydrogen-bond donors (Lipinski definition) is 1. The Balaban J connectivity index is 2.24. The maximum Gasteiger partial charge on any atom is 0.243 e. The molecular weight excluding hydrogens is 274 g/mol. The van der Waals surface area contributed by atoms with E-state index in [1.165, 1.54) is 28.1 Å². The second-order valence-electron chi connectivity index (χ2n) is 6.09. The molecule has 0 saturated carbocycles. The van der Waals surface area contributed by atoms with Crippen LogP contribution < -0.4 is 0 Å². The van der Waals surface area contributed by atoms with Crippen LogP contribution >= 0.6 is 0 Å². The van der Waals surface area contributed by atoms with Crippen LogP contribution in [-0.4, -0.2) is 30.9 Å². The normalized spacial score (nSPS) is 17.9. The lowest BCUT2D eigenvalue weighted by Crippen LogP contribution is -2.36. The average Bonchev–Trinajstić information content (AvgIpc) is 2.38. The monoisotopic (exact) mass is 295 g/mol. The lowest BCUT2D eigenvalue weighted by molar-refractivity contribution is 0.389. The molecule has 0 spiro atoms. The molecule has 110 valence electrons. The number of aromatic hydroxyl groups is 1. The molecule has 0 amide bonds. The minimum Gasteiger partial charge on any atom is -0.508 e. The number of rotatable bonds is 2. The fraction of sp³-hybridized carbons (Fsp3) is 0.467. The van der Waals surface area contributed by atoms with Crippen molar-refractivity contribution in [3.05, 3.63) is 35.9 Å². The van der Waals surface area contributed by atoms with Crippen molar-refractivity contribution in [2.75, 3.05) is 13.1 Å². The van der Waals surface area contributed by atoms with Gasteiger partial charge in [0.05, 0.1) is 4.90 Å². The molecule has 0 aromatic heterocycles. The van der Waals surface area contributed by atoms with Gasteiger partial charge in [-0.25, -0.2) is 8.42 Å². The summed E-state index contributed by atoms with van der Waals surface area (Å²) < 4.78 is 26.4. The molecular formula is C15H21NO3S. The second-order valence-corrected chi connectivity index (χ2v) is 8.03. The molecule has 0 bridgehead atoms. The summed E-state index contributed by atoms with van der Waals surface area (Å²) in [4.78, 5) is 0.144. The first-order valence-corrected chi connectivity index (χ1v) is 8.14. The molecule has 0 fully saturated rings. The highest BCUT2D eigenvalue weighted by atomic mass is 32.2. The topological polar surface area (TPSA) is 57.6 Å². The molecule has 1 aromatic carbocycles. The van der Waals surface area contributed by atoms with Gasteiger partial charge in [0.25, 0.3) is 0 Å². The van der Waals surface area contributed by atoms with Crippen LogP contribution in [0.15, 0.2) is 40.8 Å². The molecule has 2 rings (SSSR count). The molecule has 4 nitrogen and oxygen atoms in total. The van der Waals surface area contributed by atoms with E-state index in [1.54, 1.807) is 6.07 Å². The summed E-state index contributed by atoms with van der Waals surface area (Å²) in [7, 11) is -3.52. The minimum atomic E-state index is -3.52. The first-order chi connectivity index (χ1) is 9.21. The lowest BCUT2D eigenvalue weighted by atomic mass is 9.83. The van der Waals surface area contributed by atoms with Gasteiger partial charge in [-0.1, -0.05) is 38.5 Å². The van der Waals surface area contributed by atoms with Gasteiger partial charge in [0.15, 0.2) is 0 Å². The van der Waals surface area contributed by atoms with Crippen LogP contribution in [0.5, 0.6) is 5.75 Å². The third-order valence-corrected chi connectivity index (χ3v) is 5.45. The van der Waals surface area contributed by atoms with Gasteiger partial charge in [0.1, 0.15) is 5.75 Å². The van der Waals surface area contributed by atoms with E-state index in [0.717, 1.165) is 6.42 Å². The van der Waals surface area contributed by atoms with Gasteiger partial charge in [-0.2, -0.15) is 4.31 Å². The van der Waals surface area contributed by atoms with Crippen molar-refractivity contribution in [1.82, 2.24) is 4.31 Å². The molecule has 1 heterocycles. The smallest absolute Gasteiger partial charge is 0.243 e. The van der Waals surface area contributed by atoms with E-state index in [0.29, 0.717) is 13.1 Å². The maximum absolute atomic E-state index is 12.5. The molecule has 5 heteroatoms. The van der Waals surface area contributed by atoms with Crippen LogP contribution in [-0.2, 0) is 10.0 Å². The summed E-state index contributed by atoms with van der Waals surface area (Å²) in [5.41, 5.74) is 1.38. The van der Waals surface area contributed by atoms with Crippen LogP contribution in [0.25, 0.3) is 0 Å². The average molecular weight is 295 g/mol. The van der Waals surface area contributed by atoms with E-state index in [4.69, 9.17) is 0 Å². The molecule has 0 saturated heterocycles. The van der Waals surface area contributed by atoms with Crippen LogP contribution in [0.2, 0.25) is 0 Å². The molecule has 1 aliphatic heterocycles. The van der Waals surface area contributed by atoms with Crippen molar-refractivity contribution in [1.29, 1.82) is 0 Å². The van der Waals surface area contributed by atoms with Crippen molar-refractivity contribution >= 4 is 10.0 Å². The Kier molecular flexibility index (Phi) is 3.93. The lowest BCUT2D eigenvalue weighted by Gasteiger charge is -2.31. The van der Waals surface area contributed by atoms with Crippen LogP contribution in [0.1, 0.15) is 27.2 Å². The van der Waals surface area contributed by atoms with Gasteiger partial charge in [0.2, 0.25) is 10.0 Å². The van der Waals surface area contributed by atoms with Crippen molar-refractivity contribution in [2.24, 2.45) is 5.41 Å². The zero-order chi connectivity index (χ0) is 15.0. The summed E-state index contributed by atoms with van der Waals surface area (Å²) in [5, 5.41) is 9.43.